The summed E-state index contributed by atoms with van der Waals surface area (Å²) in [7, 11) is 0. The number of carbonyl (C=O) groups excluding carboxylic acids is 2. The average molecular weight is 467 g/mol. The van der Waals surface area contributed by atoms with Gasteiger partial charge in [-0.15, -0.1) is 0 Å². The molecule has 176 valence electrons. The molecule has 0 unspecified atom stereocenters. The van der Waals surface area contributed by atoms with E-state index in [1.54, 1.807) is 0 Å². The summed E-state index contributed by atoms with van der Waals surface area (Å²) in [5.41, 5.74) is 4.41. The summed E-state index contributed by atoms with van der Waals surface area (Å²) in [5.74, 6) is 2.14. The lowest BCUT2D eigenvalue weighted by molar-refractivity contribution is -0.118. The predicted octanol–water partition coefficient (Wildman–Crippen LogP) is 5.47. The van der Waals surface area contributed by atoms with Crippen molar-refractivity contribution in [1.82, 2.24) is 4.90 Å². The number of aryl methyl sites for hydroxylation is 1. The summed E-state index contributed by atoms with van der Waals surface area (Å²) >= 11 is 0. The number of nitrogens with one attached hydrogen (secondary N) is 1. The van der Waals surface area contributed by atoms with Crippen molar-refractivity contribution in [2.24, 2.45) is 0 Å². The van der Waals surface area contributed by atoms with Crippen LogP contribution in [0, 0.1) is 6.92 Å². The Kier molecular flexibility index (Phi) is 6.35. The topological polar surface area (TPSA) is 71.8 Å². The van der Waals surface area contributed by atoms with Gasteiger partial charge >= 0.3 is 0 Å². The Hall–Kier alpha value is -4.32. The molecule has 1 aromatic heterocycles. The molecule has 0 radical (unpaired) electrons. The number of anilines is 1. The van der Waals surface area contributed by atoms with Crippen molar-refractivity contribution in [3.05, 3.63) is 107 Å². The van der Waals surface area contributed by atoms with Gasteiger partial charge in [-0.1, -0.05) is 35.9 Å². The first kappa shape index (κ1) is 22.5. The molecule has 5 rings (SSSR count). The SMILES string of the molecule is Cc1cccc(C(=O)N2CCc3oc(-c4ccc(NC(=O)COc5ccccc5)cc4)cc3C2)c1. The van der Waals surface area contributed by atoms with Gasteiger partial charge in [0.1, 0.15) is 17.3 Å². The number of ether oxygens (including phenoxy) is 1. The molecule has 0 fully saturated rings. The number of carbonyl (C=O) groups is 2. The second-order valence-electron chi connectivity index (χ2n) is 8.63. The molecule has 1 N–H and O–H groups in total. The number of fused-ring (bicyclic) bond motifs is 1. The number of amides is 2. The molecule has 0 saturated carbocycles. The monoisotopic (exact) mass is 466 g/mol. The third-order valence-electron chi connectivity index (χ3n) is 5.99. The molecule has 2 heterocycles. The van der Waals surface area contributed by atoms with Crippen LogP contribution in [0.1, 0.15) is 27.2 Å². The van der Waals surface area contributed by atoms with Crippen LogP contribution in [-0.4, -0.2) is 29.9 Å². The summed E-state index contributed by atoms with van der Waals surface area (Å²) in [5, 5.41) is 2.84. The molecule has 35 heavy (non-hydrogen) atoms. The Labute approximate surface area is 204 Å². The van der Waals surface area contributed by atoms with Crippen molar-refractivity contribution >= 4 is 17.5 Å². The molecular weight excluding hydrogens is 440 g/mol. The summed E-state index contributed by atoms with van der Waals surface area (Å²) in [6.45, 7) is 3.08. The summed E-state index contributed by atoms with van der Waals surface area (Å²) < 4.78 is 11.6. The van der Waals surface area contributed by atoms with Gasteiger partial charge < -0.3 is 19.4 Å². The van der Waals surface area contributed by atoms with Crippen LogP contribution in [0.15, 0.2) is 89.3 Å². The standard InChI is InChI=1S/C29H26N2O4/c1-20-6-5-7-22(16-20)29(33)31-15-14-26-23(18-31)17-27(35-26)21-10-12-24(13-11-21)30-28(32)19-34-25-8-3-2-4-9-25/h2-13,16-17H,14-15,18-19H2,1H3,(H,30,32). The number of benzene rings is 3. The maximum atomic E-state index is 12.9. The molecule has 3 aromatic carbocycles. The zero-order valence-corrected chi connectivity index (χ0v) is 19.5. The molecule has 0 spiro atoms. The average Bonchev–Trinajstić information content (AvgIpc) is 3.31. The van der Waals surface area contributed by atoms with E-state index in [1.807, 2.05) is 96.8 Å². The van der Waals surface area contributed by atoms with Gasteiger partial charge in [0.05, 0.1) is 0 Å². The fourth-order valence-electron chi connectivity index (χ4n) is 4.19. The normalized spacial score (nSPS) is 12.7. The Morgan fingerprint density at radius 2 is 1.77 bits per heavy atom. The van der Waals surface area contributed by atoms with Gasteiger partial charge in [0, 0.05) is 41.9 Å². The first-order chi connectivity index (χ1) is 17.0. The van der Waals surface area contributed by atoms with Gasteiger partial charge in [-0.05, 0) is 61.5 Å². The van der Waals surface area contributed by atoms with Crippen molar-refractivity contribution in [3.63, 3.8) is 0 Å². The van der Waals surface area contributed by atoms with E-state index in [4.69, 9.17) is 9.15 Å². The lowest BCUT2D eigenvalue weighted by atomic mass is 10.1. The maximum absolute atomic E-state index is 12.9. The van der Waals surface area contributed by atoms with E-state index >= 15 is 0 Å². The molecule has 0 aliphatic carbocycles. The van der Waals surface area contributed by atoms with Gasteiger partial charge in [-0.3, -0.25) is 9.59 Å². The van der Waals surface area contributed by atoms with Crippen molar-refractivity contribution in [1.29, 1.82) is 0 Å². The fraction of sp³-hybridized carbons (Fsp3) is 0.172. The van der Waals surface area contributed by atoms with Gasteiger partial charge in [-0.25, -0.2) is 0 Å². The van der Waals surface area contributed by atoms with Crippen LogP contribution in [0.4, 0.5) is 5.69 Å². The summed E-state index contributed by atoms with van der Waals surface area (Å²) in [6.07, 6.45) is 0.683. The molecule has 0 saturated heterocycles. The van der Waals surface area contributed by atoms with Gasteiger partial charge in [0.2, 0.25) is 0 Å². The van der Waals surface area contributed by atoms with Crippen molar-refractivity contribution in [2.75, 3.05) is 18.5 Å². The predicted molar refractivity (Wildman–Crippen MR) is 134 cm³/mol. The number of para-hydroxylation sites is 1. The largest absolute Gasteiger partial charge is 0.484 e. The summed E-state index contributed by atoms with van der Waals surface area (Å²) in [4.78, 5) is 27.0. The molecule has 0 atom stereocenters. The quantitative estimate of drug-likeness (QED) is 0.409. The number of hydrogen-bond donors (Lipinski definition) is 1. The second kappa shape index (κ2) is 9.89. The molecule has 6 heteroatoms. The molecule has 4 aromatic rings. The number of furan rings is 1. The Balaban J connectivity index is 1.21. The van der Waals surface area contributed by atoms with Crippen molar-refractivity contribution in [2.45, 2.75) is 19.9 Å². The molecule has 0 bridgehead atoms. The van der Waals surface area contributed by atoms with Crippen LogP contribution in [0.3, 0.4) is 0 Å². The first-order valence-corrected chi connectivity index (χ1v) is 11.6. The second-order valence-corrected chi connectivity index (χ2v) is 8.63. The lowest BCUT2D eigenvalue weighted by Gasteiger charge is -2.26. The maximum Gasteiger partial charge on any atom is 0.262 e. The minimum Gasteiger partial charge on any atom is -0.484 e. The first-order valence-electron chi connectivity index (χ1n) is 11.6. The smallest absolute Gasteiger partial charge is 0.262 e. The molecule has 1 aliphatic rings. The fourth-order valence-corrected chi connectivity index (χ4v) is 4.19. The zero-order chi connectivity index (χ0) is 24.2. The minimum atomic E-state index is -0.228. The van der Waals surface area contributed by atoms with E-state index in [-0.39, 0.29) is 18.4 Å². The lowest BCUT2D eigenvalue weighted by Crippen LogP contribution is -2.35. The highest BCUT2D eigenvalue weighted by atomic mass is 16.5. The number of rotatable bonds is 6. The van der Waals surface area contributed by atoms with Gasteiger partial charge in [-0.2, -0.15) is 0 Å². The number of hydrogen-bond acceptors (Lipinski definition) is 4. The van der Waals surface area contributed by atoms with E-state index in [1.165, 1.54) is 0 Å². The van der Waals surface area contributed by atoms with Crippen LogP contribution in [-0.2, 0) is 17.8 Å². The van der Waals surface area contributed by atoms with E-state index < -0.39 is 0 Å². The Bertz CT molecular complexity index is 1340. The van der Waals surface area contributed by atoms with E-state index in [2.05, 4.69) is 5.32 Å². The molecule has 6 nitrogen and oxygen atoms in total. The third-order valence-corrected chi connectivity index (χ3v) is 5.99. The molecule has 1 aliphatic heterocycles. The van der Waals surface area contributed by atoms with Crippen LogP contribution in [0.2, 0.25) is 0 Å². The van der Waals surface area contributed by atoms with Gasteiger partial charge in [0.25, 0.3) is 11.8 Å². The molecule has 2 amide bonds. The minimum absolute atomic E-state index is 0.0402. The Morgan fingerprint density at radius 3 is 2.54 bits per heavy atom. The molecular formula is C29H26N2O4. The highest BCUT2D eigenvalue weighted by molar-refractivity contribution is 5.94. The third kappa shape index (κ3) is 5.27. The van der Waals surface area contributed by atoms with E-state index in [0.717, 1.165) is 28.2 Å². The van der Waals surface area contributed by atoms with Crippen molar-refractivity contribution < 1.29 is 18.7 Å². The summed E-state index contributed by atoms with van der Waals surface area (Å²) in [6, 6.07) is 26.4. The van der Waals surface area contributed by atoms with Gasteiger partial charge in [0.15, 0.2) is 6.61 Å². The van der Waals surface area contributed by atoms with E-state index in [0.29, 0.717) is 36.5 Å². The van der Waals surface area contributed by atoms with Crippen LogP contribution in [0.5, 0.6) is 5.75 Å². The van der Waals surface area contributed by atoms with Crippen LogP contribution < -0.4 is 10.1 Å². The van der Waals surface area contributed by atoms with Crippen LogP contribution in [0.25, 0.3) is 11.3 Å². The van der Waals surface area contributed by atoms with E-state index in [9.17, 15) is 9.59 Å². The Morgan fingerprint density at radius 1 is 0.971 bits per heavy atom. The van der Waals surface area contributed by atoms with Crippen LogP contribution >= 0.6 is 0 Å². The highest BCUT2D eigenvalue weighted by Gasteiger charge is 2.25. The van der Waals surface area contributed by atoms with Crippen molar-refractivity contribution in [3.8, 4) is 17.1 Å². The zero-order valence-electron chi connectivity index (χ0n) is 19.5. The number of nitrogens with zero attached hydrogens (tertiary/aromatic N) is 1. The highest BCUT2D eigenvalue weighted by Crippen LogP contribution is 2.31.